The molecule has 142 valence electrons. The molecule has 0 atom stereocenters. The summed E-state index contributed by atoms with van der Waals surface area (Å²) in [6.45, 7) is 3.87. The molecule has 1 saturated heterocycles. The first kappa shape index (κ1) is 19.4. The number of nitrogens with one attached hydrogen (secondary N) is 1. The van der Waals surface area contributed by atoms with E-state index in [1.54, 1.807) is 0 Å². The van der Waals surface area contributed by atoms with Crippen molar-refractivity contribution in [3.05, 3.63) is 70.2 Å². The second-order valence-electron chi connectivity index (χ2n) is 7.10. The van der Waals surface area contributed by atoms with Gasteiger partial charge in [-0.1, -0.05) is 41.4 Å². The summed E-state index contributed by atoms with van der Waals surface area (Å²) in [5, 5.41) is 3.74. The van der Waals surface area contributed by atoms with Crippen molar-refractivity contribution in [1.29, 1.82) is 0 Å². The van der Waals surface area contributed by atoms with Gasteiger partial charge in [-0.25, -0.2) is 0 Å². The molecular formula is C22H25ClN2O2. The molecule has 0 radical (unpaired) electrons. The Morgan fingerprint density at radius 2 is 1.67 bits per heavy atom. The lowest BCUT2D eigenvalue weighted by Gasteiger charge is -2.31. The number of carbonyl (C=O) groups is 2. The highest BCUT2D eigenvalue weighted by atomic mass is 35.5. The molecule has 0 aromatic heterocycles. The Hall–Kier alpha value is -2.33. The van der Waals surface area contributed by atoms with E-state index in [1.807, 2.05) is 60.4 Å². The average molecular weight is 385 g/mol. The maximum atomic E-state index is 12.6. The first-order valence-electron chi connectivity index (χ1n) is 9.41. The fourth-order valence-corrected chi connectivity index (χ4v) is 3.47. The highest BCUT2D eigenvalue weighted by molar-refractivity contribution is 6.30. The number of rotatable bonds is 5. The predicted octanol–water partition coefficient (Wildman–Crippen LogP) is 3.86. The summed E-state index contributed by atoms with van der Waals surface area (Å²) >= 11 is 5.88. The number of amides is 2. The van der Waals surface area contributed by atoms with Crippen molar-refractivity contribution in [3.8, 4) is 0 Å². The lowest BCUT2D eigenvalue weighted by molar-refractivity contribution is -0.126. The van der Waals surface area contributed by atoms with E-state index in [0.717, 1.165) is 22.6 Å². The zero-order chi connectivity index (χ0) is 19.2. The second-order valence-corrected chi connectivity index (χ2v) is 7.54. The quantitative estimate of drug-likeness (QED) is 0.850. The van der Waals surface area contributed by atoms with Gasteiger partial charge in [0.1, 0.15) is 0 Å². The van der Waals surface area contributed by atoms with Crippen LogP contribution < -0.4 is 5.32 Å². The molecule has 1 heterocycles. The van der Waals surface area contributed by atoms with Gasteiger partial charge in [-0.15, -0.1) is 0 Å². The summed E-state index contributed by atoms with van der Waals surface area (Å²) in [7, 11) is 0. The molecule has 0 unspecified atom stereocenters. The Bertz CT molecular complexity index is 779. The third kappa shape index (κ3) is 5.33. The molecule has 27 heavy (non-hydrogen) atoms. The van der Waals surface area contributed by atoms with Crippen LogP contribution in [0.3, 0.4) is 0 Å². The standard InChI is InChI=1S/C22H25ClN2O2/c1-16-2-6-19(7-3-16)22(27)25-14-11-18(12-15-25)21(26)24-13-10-17-4-8-20(23)9-5-17/h2-9,18H,10-15H2,1H3,(H,24,26). The number of halogens is 1. The number of hydrogen-bond acceptors (Lipinski definition) is 2. The van der Waals surface area contributed by atoms with E-state index in [4.69, 9.17) is 11.6 Å². The van der Waals surface area contributed by atoms with Crippen molar-refractivity contribution in [2.45, 2.75) is 26.2 Å². The normalized spacial score (nSPS) is 14.8. The molecule has 1 fully saturated rings. The van der Waals surface area contributed by atoms with Gasteiger partial charge in [0.2, 0.25) is 5.91 Å². The van der Waals surface area contributed by atoms with Crippen LogP contribution in [0.2, 0.25) is 5.02 Å². The largest absolute Gasteiger partial charge is 0.356 e. The Kier molecular flexibility index (Phi) is 6.51. The topological polar surface area (TPSA) is 49.4 Å². The van der Waals surface area contributed by atoms with Gasteiger partial charge in [0.15, 0.2) is 0 Å². The Balaban J connectivity index is 1.42. The van der Waals surface area contributed by atoms with Crippen LogP contribution in [0.25, 0.3) is 0 Å². The highest BCUT2D eigenvalue weighted by Crippen LogP contribution is 2.19. The number of hydrogen-bond donors (Lipinski definition) is 1. The Morgan fingerprint density at radius 3 is 2.30 bits per heavy atom. The van der Waals surface area contributed by atoms with Crippen molar-refractivity contribution >= 4 is 23.4 Å². The molecule has 0 bridgehead atoms. The van der Waals surface area contributed by atoms with Crippen molar-refractivity contribution in [2.24, 2.45) is 5.92 Å². The van der Waals surface area contributed by atoms with Gasteiger partial charge < -0.3 is 10.2 Å². The first-order valence-corrected chi connectivity index (χ1v) is 9.79. The monoisotopic (exact) mass is 384 g/mol. The zero-order valence-electron chi connectivity index (χ0n) is 15.6. The Labute approximate surface area is 165 Å². The smallest absolute Gasteiger partial charge is 0.253 e. The van der Waals surface area contributed by atoms with Crippen molar-refractivity contribution in [1.82, 2.24) is 10.2 Å². The van der Waals surface area contributed by atoms with E-state index >= 15 is 0 Å². The van der Waals surface area contributed by atoms with Crippen LogP contribution in [0.4, 0.5) is 0 Å². The summed E-state index contributed by atoms with van der Waals surface area (Å²) < 4.78 is 0. The van der Waals surface area contributed by atoms with Gasteiger partial charge in [-0.3, -0.25) is 9.59 Å². The molecule has 5 heteroatoms. The van der Waals surface area contributed by atoms with Crippen LogP contribution in [0.5, 0.6) is 0 Å². The maximum absolute atomic E-state index is 12.6. The summed E-state index contributed by atoms with van der Waals surface area (Å²) in [4.78, 5) is 26.8. The van der Waals surface area contributed by atoms with E-state index in [1.165, 1.54) is 0 Å². The summed E-state index contributed by atoms with van der Waals surface area (Å²) in [6, 6.07) is 15.3. The second kappa shape index (κ2) is 9.05. The van der Waals surface area contributed by atoms with Gasteiger partial charge in [0.05, 0.1) is 0 Å². The zero-order valence-corrected chi connectivity index (χ0v) is 16.3. The number of carbonyl (C=O) groups excluding carboxylic acids is 2. The Morgan fingerprint density at radius 1 is 1.04 bits per heavy atom. The molecule has 2 amide bonds. The molecule has 4 nitrogen and oxygen atoms in total. The molecule has 1 aliphatic rings. The van der Waals surface area contributed by atoms with Gasteiger partial charge >= 0.3 is 0 Å². The molecule has 2 aromatic carbocycles. The van der Waals surface area contributed by atoms with Crippen molar-refractivity contribution < 1.29 is 9.59 Å². The molecule has 0 saturated carbocycles. The fourth-order valence-electron chi connectivity index (χ4n) is 3.35. The predicted molar refractivity (Wildman–Crippen MR) is 108 cm³/mol. The van der Waals surface area contributed by atoms with Gasteiger partial charge in [0.25, 0.3) is 5.91 Å². The SMILES string of the molecule is Cc1ccc(C(=O)N2CCC(C(=O)NCCc3ccc(Cl)cc3)CC2)cc1. The van der Waals surface area contributed by atoms with Crippen LogP contribution in [-0.4, -0.2) is 36.3 Å². The molecule has 0 aliphatic carbocycles. The number of nitrogens with zero attached hydrogens (tertiary/aromatic N) is 1. The molecule has 1 N–H and O–H groups in total. The maximum Gasteiger partial charge on any atom is 0.253 e. The highest BCUT2D eigenvalue weighted by Gasteiger charge is 2.27. The number of benzene rings is 2. The molecule has 0 spiro atoms. The number of likely N-dealkylation sites (tertiary alicyclic amines) is 1. The van der Waals surface area contributed by atoms with Crippen LogP contribution in [-0.2, 0) is 11.2 Å². The van der Waals surface area contributed by atoms with Crippen LogP contribution in [0.15, 0.2) is 48.5 Å². The minimum Gasteiger partial charge on any atom is -0.356 e. The van der Waals surface area contributed by atoms with E-state index in [0.29, 0.717) is 38.0 Å². The minimum absolute atomic E-state index is 0.0164. The van der Waals surface area contributed by atoms with Crippen molar-refractivity contribution in [2.75, 3.05) is 19.6 Å². The van der Waals surface area contributed by atoms with Crippen LogP contribution in [0.1, 0.15) is 34.3 Å². The lowest BCUT2D eigenvalue weighted by Crippen LogP contribution is -2.43. The molecule has 2 aromatic rings. The minimum atomic E-state index is -0.0164. The van der Waals surface area contributed by atoms with Gasteiger partial charge in [0, 0.05) is 36.1 Å². The van der Waals surface area contributed by atoms with Gasteiger partial charge in [-0.05, 0) is 56.0 Å². The number of piperidine rings is 1. The summed E-state index contributed by atoms with van der Waals surface area (Å²) in [5.74, 6) is 0.125. The first-order chi connectivity index (χ1) is 13.0. The molecular weight excluding hydrogens is 360 g/mol. The third-order valence-corrected chi connectivity index (χ3v) is 5.33. The van der Waals surface area contributed by atoms with E-state index in [-0.39, 0.29) is 17.7 Å². The van der Waals surface area contributed by atoms with Crippen LogP contribution in [0, 0.1) is 12.8 Å². The van der Waals surface area contributed by atoms with E-state index < -0.39 is 0 Å². The lowest BCUT2D eigenvalue weighted by atomic mass is 9.95. The fraction of sp³-hybridized carbons (Fsp3) is 0.364. The van der Waals surface area contributed by atoms with Crippen LogP contribution >= 0.6 is 11.6 Å². The average Bonchev–Trinajstić information content (AvgIpc) is 2.69. The molecule has 3 rings (SSSR count). The third-order valence-electron chi connectivity index (χ3n) is 5.08. The summed E-state index contributed by atoms with van der Waals surface area (Å²) in [5.41, 5.74) is 3.00. The molecule has 1 aliphatic heterocycles. The van der Waals surface area contributed by atoms with E-state index in [9.17, 15) is 9.59 Å². The summed E-state index contributed by atoms with van der Waals surface area (Å²) in [6.07, 6.45) is 2.21. The number of aryl methyl sites for hydroxylation is 1. The van der Waals surface area contributed by atoms with Crippen molar-refractivity contribution in [3.63, 3.8) is 0 Å². The van der Waals surface area contributed by atoms with E-state index in [2.05, 4.69) is 5.32 Å². The van der Waals surface area contributed by atoms with Gasteiger partial charge in [-0.2, -0.15) is 0 Å².